The van der Waals surface area contributed by atoms with E-state index >= 15 is 0 Å². The molecule has 4 rings (SSSR count). The second kappa shape index (κ2) is 10.1. The van der Waals surface area contributed by atoms with Gasteiger partial charge >= 0.3 is 0 Å². The Morgan fingerprint density at radius 1 is 1.34 bits per heavy atom. The predicted octanol–water partition coefficient (Wildman–Crippen LogP) is 5.32. The normalized spacial score (nSPS) is 19.7. The Balaban J connectivity index is 1.52. The van der Waals surface area contributed by atoms with Crippen molar-refractivity contribution in [3.8, 4) is 5.75 Å². The second-order valence-corrected chi connectivity index (χ2v) is 9.92. The summed E-state index contributed by atoms with van der Waals surface area (Å²) < 4.78 is 12.9. The average Bonchev–Trinajstić information content (AvgIpc) is 3.37. The molecule has 1 amide bonds. The van der Waals surface area contributed by atoms with Crippen LogP contribution in [0.25, 0.3) is 6.08 Å². The van der Waals surface area contributed by atoms with Crippen LogP contribution >= 0.6 is 39.9 Å². The van der Waals surface area contributed by atoms with E-state index in [1.54, 1.807) is 29.2 Å². The second-order valence-electron chi connectivity index (χ2n) is 7.33. The van der Waals surface area contributed by atoms with Crippen molar-refractivity contribution in [2.24, 2.45) is 0 Å². The smallest absolute Gasteiger partial charge is 0.269 e. The Hall–Kier alpha value is -2.27. The number of nitro groups is 1. The lowest BCUT2D eigenvalue weighted by molar-refractivity contribution is -0.384. The quantitative estimate of drug-likeness (QED) is 0.206. The fourth-order valence-electron chi connectivity index (χ4n) is 3.48. The number of rotatable bonds is 7. The summed E-state index contributed by atoms with van der Waals surface area (Å²) in [5.74, 6) is 0.421. The Bertz CT molecular complexity index is 1100. The average molecular weight is 535 g/mol. The molecule has 0 bridgehead atoms. The van der Waals surface area contributed by atoms with E-state index in [1.807, 2.05) is 12.1 Å². The van der Waals surface area contributed by atoms with Crippen LogP contribution in [-0.4, -0.2) is 39.3 Å². The Morgan fingerprint density at radius 2 is 2.19 bits per heavy atom. The molecule has 2 aromatic rings. The molecule has 2 aliphatic heterocycles. The van der Waals surface area contributed by atoms with Crippen LogP contribution in [0.1, 0.15) is 24.0 Å². The maximum Gasteiger partial charge on any atom is 0.269 e. The third-order valence-corrected chi connectivity index (χ3v) is 6.93. The van der Waals surface area contributed by atoms with Crippen LogP contribution in [0, 0.1) is 10.1 Å². The molecule has 0 unspecified atom stereocenters. The van der Waals surface area contributed by atoms with E-state index in [9.17, 15) is 14.9 Å². The van der Waals surface area contributed by atoms with Gasteiger partial charge in [0, 0.05) is 28.8 Å². The van der Waals surface area contributed by atoms with Crippen LogP contribution < -0.4 is 4.74 Å². The lowest BCUT2D eigenvalue weighted by Crippen LogP contribution is -2.35. The molecule has 1 atom stereocenters. The molecule has 32 heavy (non-hydrogen) atoms. The third kappa shape index (κ3) is 5.37. The SMILES string of the molecule is O=C1/C(=C/c2cc(Br)ccc2OCc2cccc([N+](=O)[O-])c2)SC(=S)N1C[C@@H]1CCCO1. The minimum absolute atomic E-state index is 0.0112. The van der Waals surface area contributed by atoms with Crippen LogP contribution in [-0.2, 0) is 16.1 Å². The van der Waals surface area contributed by atoms with Gasteiger partial charge in [0.05, 0.1) is 22.5 Å². The molecule has 2 aliphatic rings. The highest BCUT2D eigenvalue weighted by atomic mass is 79.9. The summed E-state index contributed by atoms with van der Waals surface area (Å²) in [6, 6.07) is 11.8. The summed E-state index contributed by atoms with van der Waals surface area (Å²) in [5, 5.41) is 11.0. The first-order chi connectivity index (χ1) is 15.4. The zero-order chi connectivity index (χ0) is 22.7. The largest absolute Gasteiger partial charge is 0.488 e. The Labute approximate surface area is 203 Å². The summed E-state index contributed by atoms with van der Waals surface area (Å²) in [6.45, 7) is 1.35. The molecule has 0 saturated carbocycles. The van der Waals surface area contributed by atoms with Crippen molar-refractivity contribution in [3.05, 3.63) is 73.1 Å². The number of amides is 1. The molecule has 2 fully saturated rings. The molecule has 0 aromatic heterocycles. The first-order valence-electron chi connectivity index (χ1n) is 9.93. The van der Waals surface area contributed by atoms with Crippen molar-refractivity contribution in [2.75, 3.05) is 13.2 Å². The predicted molar refractivity (Wildman–Crippen MR) is 130 cm³/mol. The van der Waals surface area contributed by atoms with Gasteiger partial charge in [-0.05, 0) is 42.7 Å². The minimum Gasteiger partial charge on any atom is -0.488 e. The zero-order valence-corrected chi connectivity index (χ0v) is 20.1. The van der Waals surface area contributed by atoms with Gasteiger partial charge in [-0.2, -0.15) is 0 Å². The molecular weight excluding hydrogens is 516 g/mol. The molecular formula is C22H19BrN2O5S2. The highest BCUT2D eigenvalue weighted by Crippen LogP contribution is 2.36. The lowest BCUT2D eigenvalue weighted by atomic mass is 10.1. The topological polar surface area (TPSA) is 81.9 Å². The van der Waals surface area contributed by atoms with E-state index in [0.717, 1.165) is 23.9 Å². The first-order valence-corrected chi connectivity index (χ1v) is 11.9. The number of nitro benzene ring substituents is 1. The molecule has 2 saturated heterocycles. The third-order valence-electron chi connectivity index (χ3n) is 5.06. The maximum atomic E-state index is 13.0. The zero-order valence-electron chi connectivity index (χ0n) is 16.9. The Morgan fingerprint density at radius 3 is 2.94 bits per heavy atom. The van der Waals surface area contributed by atoms with E-state index in [1.165, 1.54) is 23.9 Å². The monoisotopic (exact) mass is 534 g/mol. The van der Waals surface area contributed by atoms with Crippen LogP contribution in [0.15, 0.2) is 51.8 Å². The number of non-ortho nitro benzene ring substituents is 1. The van der Waals surface area contributed by atoms with Crippen LogP contribution in [0.3, 0.4) is 0 Å². The van der Waals surface area contributed by atoms with Crippen LogP contribution in [0.5, 0.6) is 5.75 Å². The molecule has 2 aromatic carbocycles. The number of hydrogen-bond donors (Lipinski definition) is 0. The Kier molecular flexibility index (Phi) is 7.24. The van der Waals surface area contributed by atoms with Crippen molar-refractivity contribution in [1.29, 1.82) is 0 Å². The van der Waals surface area contributed by atoms with Crippen molar-refractivity contribution in [1.82, 2.24) is 4.90 Å². The number of hydrogen-bond acceptors (Lipinski definition) is 7. The highest BCUT2D eigenvalue weighted by Gasteiger charge is 2.34. The standard InChI is InChI=1S/C22H19BrN2O5S2/c23-16-6-7-19(30-13-14-3-1-4-17(9-14)25(27)28)15(10-16)11-20-21(26)24(22(31)32-20)12-18-5-2-8-29-18/h1,3-4,6-7,9-11,18H,2,5,8,12-13H2/b20-11-/t18-/m0/s1. The summed E-state index contributed by atoms with van der Waals surface area (Å²) in [6.07, 6.45) is 3.72. The van der Waals surface area contributed by atoms with Crippen LogP contribution in [0.4, 0.5) is 5.69 Å². The first kappa shape index (κ1) is 22.9. The summed E-state index contributed by atoms with van der Waals surface area (Å²) in [7, 11) is 0. The van der Waals surface area contributed by atoms with Gasteiger partial charge < -0.3 is 9.47 Å². The van der Waals surface area contributed by atoms with Gasteiger partial charge in [-0.25, -0.2) is 0 Å². The summed E-state index contributed by atoms with van der Waals surface area (Å²) >= 11 is 10.2. The van der Waals surface area contributed by atoms with Gasteiger partial charge in [0.15, 0.2) is 0 Å². The minimum atomic E-state index is -0.437. The van der Waals surface area contributed by atoms with Gasteiger partial charge in [0.25, 0.3) is 11.6 Å². The van der Waals surface area contributed by atoms with E-state index in [4.69, 9.17) is 21.7 Å². The van der Waals surface area contributed by atoms with E-state index < -0.39 is 4.92 Å². The summed E-state index contributed by atoms with van der Waals surface area (Å²) in [4.78, 5) is 25.6. The van der Waals surface area contributed by atoms with Gasteiger partial charge in [0.1, 0.15) is 16.7 Å². The van der Waals surface area contributed by atoms with Crippen molar-refractivity contribution in [2.45, 2.75) is 25.6 Å². The van der Waals surface area contributed by atoms with Gasteiger partial charge in [-0.15, -0.1) is 0 Å². The van der Waals surface area contributed by atoms with Gasteiger partial charge in [-0.3, -0.25) is 19.8 Å². The molecule has 0 aliphatic carbocycles. The fourth-order valence-corrected chi connectivity index (χ4v) is 5.12. The maximum absolute atomic E-state index is 13.0. The molecule has 2 heterocycles. The van der Waals surface area contributed by atoms with Crippen molar-refractivity contribution < 1.29 is 19.2 Å². The number of thioether (sulfide) groups is 1. The van der Waals surface area contributed by atoms with E-state index in [0.29, 0.717) is 32.6 Å². The van der Waals surface area contributed by atoms with Gasteiger partial charge in [0.2, 0.25) is 0 Å². The number of halogens is 1. The number of carbonyl (C=O) groups is 1. The lowest BCUT2D eigenvalue weighted by Gasteiger charge is -2.18. The number of ether oxygens (including phenoxy) is 2. The molecule has 0 radical (unpaired) electrons. The van der Waals surface area contributed by atoms with E-state index in [2.05, 4.69) is 15.9 Å². The summed E-state index contributed by atoms with van der Waals surface area (Å²) in [5.41, 5.74) is 1.40. The molecule has 0 spiro atoms. The highest BCUT2D eigenvalue weighted by molar-refractivity contribution is 9.10. The fraction of sp³-hybridized carbons (Fsp3) is 0.273. The number of carbonyl (C=O) groups excluding carboxylic acids is 1. The molecule has 7 nitrogen and oxygen atoms in total. The number of benzene rings is 2. The molecule has 166 valence electrons. The van der Waals surface area contributed by atoms with Crippen molar-refractivity contribution >= 4 is 61.9 Å². The van der Waals surface area contributed by atoms with E-state index in [-0.39, 0.29) is 24.3 Å². The number of nitrogens with zero attached hydrogens (tertiary/aromatic N) is 2. The van der Waals surface area contributed by atoms with Crippen molar-refractivity contribution in [3.63, 3.8) is 0 Å². The molecule has 0 N–H and O–H groups in total. The molecule has 10 heteroatoms. The van der Waals surface area contributed by atoms with Gasteiger partial charge in [-0.1, -0.05) is 52.0 Å². The van der Waals surface area contributed by atoms with Crippen LogP contribution in [0.2, 0.25) is 0 Å². The number of thiocarbonyl (C=S) groups is 1.